The van der Waals surface area contributed by atoms with E-state index in [1.165, 1.54) is 25.7 Å². The van der Waals surface area contributed by atoms with E-state index >= 15 is 0 Å². The zero-order valence-corrected chi connectivity index (χ0v) is 8.39. The Balaban J connectivity index is 2.32. The van der Waals surface area contributed by atoms with Crippen molar-refractivity contribution in [3.63, 3.8) is 0 Å². The van der Waals surface area contributed by atoms with Crippen molar-refractivity contribution >= 4 is 15.9 Å². The molecule has 1 rings (SSSR count). The van der Waals surface area contributed by atoms with Crippen molar-refractivity contribution in [3.05, 3.63) is 0 Å². The highest BCUT2D eigenvalue weighted by Gasteiger charge is 2.23. The van der Waals surface area contributed by atoms with Crippen molar-refractivity contribution in [1.29, 1.82) is 0 Å². The van der Waals surface area contributed by atoms with Gasteiger partial charge in [0, 0.05) is 0 Å². The zero-order chi connectivity index (χ0) is 7.56. The number of nitrogens with zero attached hydrogens (tertiary/aromatic N) is 1. The van der Waals surface area contributed by atoms with E-state index in [0.717, 1.165) is 5.92 Å². The van der Waals surface area contributed by atoms with Gasteiger partial charge in [-0.25, -0.2) is 0 Å². The van der Waals surface area contributed by atoms with Crippen LogP contribution in [-0.4, -0.2) is 23.9 Å². The van der Waals surface area contributed by atoms with Crippen LogP contribution in [0.3, 0.4) is 0 Å². The molecule has 0 spiro atoms. The molecule has 0 bridgehead atoms. The first-order chi connectivity index (χ1) is 4.72. The molecule has 1 aliphatic rings. The van der Waals surface area contributed by atoms with Crippen molar-refractivity contribution in [2.24, 2.45) is 5.92 Å². The van der Waals surface area contributed by atoms with E-state index in [4.69, 9.17) is 0 Å². The normalized spacial score (nSPS) is 24.0. The first-order valence-corrected chi connectivity index (χ1v) is 4.94. The molecule has 0 N–H and O–H groups in total. The van der Waals surface area contributed by atoms with Gasteiger partial charge in [0.2, 0.25) is 0 Å². The molecule has 1 saturated carbocycles. The van der Waals surface area contributed by atoms with Crippen molar-refractivity contribution in [2.45, 2.75) is 30.6 Å². The Morgan fingerprint density at radius 2 is 1.80 bits per heavy atom. The highest BCUT2D eigenvalue weighted by Crippen LogP contribution is 2.31. The Morgan fingerprint density at radius 1 is 1.30 bits per heavy atom. The van der Waals surface area contributed by atoms with E-state index in [2.05, 4.69) is 34.9 Å². The third kappa shape index (κ3) is 1.96. The second-order valence-corrected chi connectivity index (χ2v) is 4.32. The maximum absolute atomic E-state index is 3.69. The molecule has 1 fully saturated rings. The van der Waals surface area contributed by atoms with Gasteiger partial charge in [-0.1, -0.05) is 28.8 Å². The lowest BCUT2D eigenvalue weighted by molar-refractivity contribution is 0.302. The number of hydrogen-bond acceptors (Lipinski definition) is 1. The summed E-state index contributed by atoms with van der Waals surface area (Å²) in [7, 11) is 4.27. The molecule has 0 aliphatic heterocycles. The summed E-state index contributed by atoms with van der Waals surface area (Å²) in [5.41, 5.74) is 0. The van der Waals surface area contributed by atoms with Crippen LogP contribution in [0.5, 0.6) is 0 Å². The van der Waals surface area contributed by atoms with Crippen molar-refractivity contribution < 1.29 is 0 Å². The zero-order valence-electron chi connectivity index (χ0n) is 6.81. The van der Waals surface area contributed by atoms with Gasteiger partial charge in [-0.15, -0.1) is 0 Å². The topological polar surface area (TPSA) is 3.24 Å². The highest BCUT2D eigenvalue weighted by atomic mass is 79.9. The maximum atomic E-state index is 3.69. The van der Waals surface area contributed by atoms with Crippen LogP contribution >= 0.6 is 15.9 Å². The molecule has 1 atom stereocenters. The van der Waals surface area contributed by atoms with Crippen LogP contribution in [0, 0.1) is 5.92 Å². The van der Waals surface area contributed by atoms with E-state index in [1.54, 1.807) is 0 Å². The van der Waals surface area contributed by atoms with Gasteiger partial charge in [0.25, 0.3) is 0 Å². The Bertz CT molecular complexity index is 97.4. The fourth-order valence-electron chi connectivity index (χ4n) is 1.65. The first kappa shape index (κ1) is 8.54. The molecule has 1 nitrogen and oxygen atoms in total. The number of halogens is 1. The predicted octanol–water partition coefficient (Wildman–Crippen LogP) is 2.46. The molecular weight excluding hydrogens is 190 g/mol. The molecule has 0 radical (unpaired) electrons. The molecule has 1 unspecified atom stereocenters. The first-order valence-electron chi connectivity index (χ1n) is 4.02. The Labute approximate surface area is 71.9 Å². The molecule has 1 aliphatic carbocycles. The van der Waals surface area contributed by atoms with Gasteiger partial charge < -0.3 is 0 Å². The summed E-state index contributed by atoms with van der Waals surface area (Å²) in [6, 6.07) is 0. The average Bonchev–Trinajstić information content (AvgIpc) is 2.36. The molecule has 0 aromatic carbocycles. The van der Waals surface area contributed by atoms with E-state index in [-0.39, 0.29) is 0 Å². The van der Waals surface area contributed by atoms with E-state index in [1.807, 2.05) is 0 Å². The van der Waals surface area contributed by atoms with Gasteiger partial charge >= 0.3 is 0 Å². The molecule has 0 amide bonds. The molecular formula is C8H16BrN. The summed E-state index contributed by atoms with van der Waals surface area (Å²) >= 11 is 3.69. The van der Waals surface area contributed by atoms with Gasteiger partial charge in [-0.3, -0.25) is 4.90 Å². The van der Waals surface area contributed by atoms with Gasteiger partial charge in [-0.2, -0.15) is 0 Å². The molecule has 0 heterocycles. The van der Waals surface area contributed by atoms with E-state index in [9.17, 15) is 0 Å². The molecule has 0 aromatic heterocycles. The van der Waals surface area contributed by atoms with Crippen molar-refractivity contribution in [2.75, 3.05) is 14.1 Å². The third-order valence-corrected chi connectivity index (χ3v) is 3.85. The van der Waals surface area contributed by atoms with Crippen molar-refractivity contribution in [1.82, 2.24) is 4.90 Å². The lowest BCUT2D eigenvalue weighted by Crippen LogP contribution is -2.28. The smallest absolute Gasteiger partial charge is 0.0679 e. The van der Waals surface area contributed by atoms with E-state index in [0.29, 0.717) is 4.95 Å². The summed E-state index contributed by atoms with van der Waals surface area (Å²) < 4.78 is 0. The summed E-state index contributed by atoms with van der Waals surface area (Å²) in [5.74, 6) is 0.898. The van der Waals surface area contributed by atoms with Gasteiger partial charge in [0.15, 0.2) is 0 Å². The van der Waals surface area contributed by atoms with Crippen LogP contribution in [0.15, 0.2) is 0 Å². The summed E-state index contributed by atoms with van der Waals surface area (Å²) in [5, 5.41) is 0. The lowest BCUT2D eigenvalue weighted by atomic mass is 10.1. The minimum Gasteiger partial charge on any atom is -0.297 e. The van der Waals surface area contributed by atoms with Gasteiger partial charge in [0.05, 0.1) is 4.95 Å². The fraction of sp³-hybridized carbons (Fsp3) is 1.00. The van der Waals surface area contributed by atoms with Crippen molar-refractivity contribution in [3.8, 4) is 0 Å². The molecule has 10 heavy (non-hydrogen) atoms. The Hall–Kier alpha value is 0.440. The summed E-state index contributed by atoms with van der Waals surface area (Å²) in [6.45, 7) is 0. The number of alkyl halides is 1. The van der Waals surface area contributed by atoms with Crippen LogP contribution < -0.4 is 0 Å². The van der Waals surface area contributed by atoms with Crippen LogP contribution in [0.1, 0.15) is 25.7 Å². The second-order valence-electron chi connectivity index (χ2n) is 3.38. The fourth-order valence-corrected chi connectivity index (χ4v) is 2.18. The van der Waals surface area contributed by atoms with Crippen LogP contribution in [0.2, 0.25) is 0 Å². The Morgan fingerprint density at radius 3 is 2.20 bits per heavy atom. The van der Waals surface area contributed by atoms with Crippen LogP contribution in [0.25, 0.3) is 0 Å². The summed E-state index contributed by atoms with van der Waals surface area (Å²) in [4.78, 5) is 2.87. The van der Waals surface area contributed by atoms with E-state index < -0.39 is 0 Å². The van der Waals surface area contributed by atoms with Gasteiger partial charge in [0.1, 0.15) is 0 Å². The lowest BCUT2D eigenvalue weighted by Gasteiger charge is -2.23. The monoisotopic (exact) mass is 205 g/mol. The minimum absolute atomic E-state index is 0.606. The SMILES string of the molecule is CN(C)C(Br)C1CCCC1. The predicted molar refractivity (Wildman–Crippen MR) is 48.4 cm³/mol. The largest absolute Gasteiger partial charge is 0.297 e. The third-order valence-electron chi connectivity index (χ3n) is 2.28. The summed E-state index contributed by atoms with van der Waals surface area (Å²) in [6.07, 6.45) is 5.68. The molecule has 2 heteroatoms. The average molecular weight is 206 g/mol. The van der Waals surface area contributed by atoms with Crippen LogP contribution in [-0.2, 0) is 0 Å². The van der Waals surface area contributed by atoms with Crippen LogP contribution in [0.4, 0.5) is 0 Å². The minimum atomic E-state index is 0.606. The molecule has 60 valence electrons. The highest BCUT2D eigenvalue weighted by molar-refractivity contribution is 9.09. The standard InChI is InChI=1S/C8H16BrN/c1-10(2)8(9)7-5-3-4-6-7/h7-8H,3-6H2,1-2H3. The second kappa shape index (κ2) is 3.72. The van der Waals surface area contributed by atoms with Gasteiger partial charge in [-0.05, 0) is 32.9 Å². The Kier molecular flexibility index (Phi) is 3.18. The maximum Gasteiger partial charge on any atom is 0.0679 e. The molecule has 0 saturated heterocycles. The number of hydrogen-bond donors (Lipinski definition) is 0. The number of rotatable bonds is 2. The quantitative estimate of drug-likeness (QED) is 0.495. The molecule has 0 aromatic rings.